The second-order valence-corrected chi connectivity index (χ2v) is 6.35. The minimum absolute atomic E-state index is 0.0403. The van der Waals surface area contributed by atoms with Gasteiger partial charge in [0.2, 0.25) is 6.41 Å². The van der Waals surface area contributed by atoms with Crippen molar-refractivity contribution in [1.82, 2.24) is 15.8 Å². The number of hydrogen-bond donors (Lipinski definition) is 2. The van der Waals surface area contributed by atoms with E-state index in [1.165, 1.54) is 18.4 Å². The second kappa shape index (κ2) is 7.64. The fraction of sp³-hybridized carbons (Fsp3) is 0.429. The van der Waals surface area contributed by atoms with Crippen LogP contribution in [0.4, 0.5) is 13.2 Å². The third-order valence-electron chi connectivity index (χ3n) is 3.53. The maximum absolute atomic E-state index is 13.1. The lowest BCUT2D eigenvalue weighted by molar-refractivity contribution is -0.161. The molecule has 0 spiro atoms. The molecule has 11 heteroatoms. The van der Waals surface area contributed by atoms with Gasteiger partial charge in [-0.1, -0.05) is 6.92 Å². The Balaban J connectivity index is 2.48. The number of nitrogens with zero attached hydrogens (tertiary/aromatic N) is 3. The Morgan fingerprint density at radius 1 is 1.48 bits per heavy atom. The first-order valence-corrected chi connectivity index (χ1v) is 8.13. The van der Waals surface area contributed by atoms with Crippen LogP contribution in [0.15, 0.2) is 28.3 Å². The van der Waals surface area contributed by atoms with Gasteiger partial charge in [0.25, 0.3) is 5.91 Å². The Morgan fingerprint density at radius 3 is 2.76 bits per heavy atom. The number of aryl methyl sites for hydroxylation is 1. The molecule has 1 aromatic heterocycles. The van der Waals surface area contributed by atoms with E-state index < -0.39 is 24.5 Å². The van der Waals surface area contributed by atoms with Crippen LogP contribution in [0.25, 0.3) is 5.57 Å². The molecule has 0 aromatic carbocycles. The van der Waals surface area contributed by atoms with E-state index >= 15 is 0 Å². The van der Waals surface area contributed by atoms with Crippen molar-refractivity contribution in [2.75, 3.05) is 7.05 Å². The van der Waals surface area contributed by atoms with Crippen LogP contribution >= 0.6 is 11.3 Å². The number of thiophene rings is 1. The van der Waals surface area contributed by atoms with Crippen LogP contribution in [0, 0.1) is 0 Å². The van der Waals surface area contributed by atoms with Gasteiger partial charge in [-0.3, -0.25) is 9.59 Å². The molecule has 1 aliphatic heterocycles. The van der Waals surface area contributed by atoms with Gasteiger partial charge in [0, 0.05) is 28.8 Å². The highest BCUT2D eigenvalue weighted by atomic mass is 32.1. The van der Waals surface area contributed by atoms with E-state index in [9.17, 15) is 22.8 Å². The van der Waals surface area contributed by atoms with Gasteiger partial charge < -0.3 is 5.32 Å². The maximum Gasteiger partial charge on any atom is 0.408 e. The molecule has 2 rings (SSSR count). The average molecular weight is 375 g/mol. The van der Waals surface area contributed by atoms with E-state index in [-0.39, 0.29) is 17.7 Å². The number of nitrogens with one attached hydrogen (secondary N) is 2. The number of carbonyl (C=O) groups excluding carboxylic acids is 2. The Morgan fingerprint density at radius 2 is 2.20 bits per heavy atom. The molecule has 2 amide bonds. The zero-order valence-corrected chi connectivity index (χ0v) is 14.2. The molecule has 0 aliphatic carbocycles. The molecular weight excluding hydrogens is 359 g/mol. The molecular formula is C14H16F3N5O2S. The Bertz CT molecular complexity index is 714. The lowest BCUT2D eigenvalue weighted by Crippen LogP contribution is -2.50. The summed E-state index contributed by atoms with van der Waals surface area (Å²) < 4.78 is 39.3. The molecule has 0 radical (unpaired) electrons. The van der Waals surface area contributed by atoms with Crippen LogP contribution in [-0.4, -0.2) is 36.6 Å². The first-order valence-electron chi connectivity index (χ1n) is 7.31. The quantitative estimate of drug-likeness (QED) is 0.455. The van der Waals surface area contributed by atoms with Gasteiger partial charge in [0.05, 0.1) is 0 Å². The van der Waals surface area contributed by atoms with Gasteiger partial charge in [-0.15, -0.1) is 11.3 Å². The van der Waals surface area contributed by atoms with Gasteiger partial charge in [-0.05, 0) is 29.0 Å². The van der Waals surface area contributed by atoms with Crippen molar-refractivity contribution in [2.24, 2.45) is 10.4 Å². The van der Waals surface area contributed by atoms with Crippen molar-refractivity contribution in [3.8, 4) is 0 Å². The number of hydrogen-bond acceptors (Lipinski definition) is 5. The molecule has 0 saturated carbocycles. The molecule has 0 saturated heterocycles. The fourth-order valence-corrected chi connectivity index (χ4v) is 3.37. The molecule has 0 fully saturated rings. The molecule has 1 aromatic rings. The summed E-state index contributed by atoms with van der Waals surface area (Å²) in [6, 6.07) is 1.54. The molecule has 1 aliphatic rings. The van der Waals surface area contributed by atoms with Crippen LogP contribution in [0.5, 0.6) is 0 Å². The standard InChI is InChI=1S/C14H16F3N5O2S/c1-3-8-4-5-10(25-8)9-6-11(14(15,16)17)19-13(24)12(9)22(2)21-20-18-7-23/h4-5,7,11H,3,6H2,1-2H3,(H,19,24)(H,18,21,23). The molecule has 0 bridgehead atoms. The number of rotatable bonds is 6. The third-order valence-corrected chi connectivity index (χ3v) is 4.82. The van der Waals surface area contributed by atoms with Gasteiger partial charge in [0.15, 0.2) is 0 Å². The average Bonchev–Trinajstić information content (AvgIpc) is 3.02. The van der Waals surface area contributed by atoms with E-state index in [0.29, 0.717) is 4.88 Å². The highest BCUT2D eigenvalue weighted by Gasteiger charge is 2.45. The van der Waals surface area contributed by atoms with Gasteiger partial charge in [-0.2, -0.15) is 13.2 Å². The topological polar surface area (TPSA) is 86.2 Å². The summed E-state index contributed by atoms with van der Waals surface area (Å²) in [5.74, 6) is -0.900. The number of carbonyl (C=O) groups is 2. The van der Waals surface area contributed by atoms with Crippen molar-refractivity contribution in [3.63, 3.8) is 0 Å². The minimum Gasteiger partial charge on any atom is -0.339 e. The van der Waals surface area contributed by atoms with Crippen molar-refractivity contribution in [1.29, 1.82) is 0 Å². The largest absolute Gasteiger partial charge is 0.408 e. The van der Waals surface area contributed by atoms with Crippen LogP contribution in [0.2, 0.25) is 0 Å². The number of halogens is 3. The highest BCUT2D eigenvalue weighted by molar-refractivity contribution is 7.13. The third kappa shape index (κ3) is 4.35. The van der Waals surface area contributed by atoms with E-state index in [1.54, 1.807) is 6.07 Å². The normalized spacial score (nSPS) is 18.4. The molecule has 7 nitrogen and oxygen atoms in total. The van der Waals surface area contributed by atoms with E-state index in [4.69, 9.17) is 0 Å². The predicted octanol–water partition coefficient (Wildman–Crippen LogP) is 2.43. The number of likely N-dealkylation sites (N-methyl/N-ethyl adjacent to an activating group) is 1. The lowest BCUT2D eigenvalue weighted by Gasteiger charge is -2.30. The number of amides is 2. The van der Waals surface area contributed by atoms with E-state index in [0.717, 1.165) is 16.3 Å². The summed E-state index contributed by atoms with van der Waals surface area (Å²) in [5.41, 5.74) is 2.14. The summed E-state index contributed by atoms with van der Waals surface area (Å²) in [7, 11) is 1.37. The first kappa shape index (κ1) is 18.9. The molecule has 136 valence electrons. The lowest BCUT2D eigenvalue weighted by atomic mass is 9.97. The summed E-state index contributed by atoms with van der Waals surface area (Å²) in [6.45, 7) is 1.93. The van der Waals surface area contributed by atoms with Crippen molar-refractivity contribution >= 4 is 29.2 Å². The summed E-state index contributed by atoms with van der Waals surface area (Å²) in [5, 5.41) is 9.90. The summed E-state index contributed by atoms with van der Waals surface area (Å²) >= 11 is 1.33. The molecule has 2 heterocycles. The predicted molar refractivity (Wildman–Crippen MR) is 85.0 cm³/mol. The van der Waals surface area contributed by atoms with Gasteiger partial charge in [-0.25, -0.2) is 10.4 Å². The zero-order valence-electron chi connectivity index (χ0n) is 13.4. The van der Waals surface area contributed by atoms with Crippen molar-refractivity contribution in [3.05, 3.63) is 27.6 Å². The smallest absolute Gasteiger partial charge is 0.339 e. The first-order chi connectivity index (χ1) is 11.8. The number of alkyl halides is 3. The van der Waals surface area contributed by atoms with Crippen LogP contribution in [0.3, 0.4) is 0 Å². The molecule has 25 heavy (non-hydrogen) atoms. The highest BCUT2D eigenvalue weighted by Crippen LogP contribution is 2.38. The zero-order chi connectivity index (χ0) is 18.6. The van der Waals surface area contributed by atoms with E-state index in [1.807, 2.05) is 23.7 Å². The SMILES string of the molecule is CCc1ccc(C2=C(N(C)/N=N\NC=O)C(=O)NC(C(F)(F)F)C2)s1. The Hall–Kier alpha value is -2.43. The Kier molecular flexibility index (Phi) is 5.77. The second-order valence-electron chi connectivity index (χ2n) is 5.18. The summed E-state index contributed by atoms with van der Waals surface area (Å²) in [6.07, 6.45) is -3.95. The minimum atomic E-state index is -4.56. The van der Waals surface area contributed by atoms with Crippen molar-refractivity contribution in [2.45, 2.75) is 32.0 Å². The van der Waals surface area contributed by atoms with Gasteiger partial charge >= 0.3 is 6.18 Å². The van der Waals surface area contributed by atoms with Gasteiger partial charge in [0.1, 0.15) is 11.7 Å². The van der Waals surface area contributed by atoms with Crippen LogP contribution in [-0.2, 0) is 16.0 Å². The molecule has 1 unspecified atom stereocenters. The maximum atomic E-state index is 13.1. The fourth-order valence-electron chi connectivity index (χ4n) is 2.36. The van der Waals surface area contributed by atoms with E-state index in [2.05, 4.69) is 10.4 Å². The summed E-state index contributed by atoms with van der Waals surface area (Å²) in [4.78, 5) is 24.1. The van der Waals surface area contributed by atoms with Crippen molar-refractivity contribution < 1.29 is 22.8 Å². The van der Waals surface area contributed by atoms with Crippen LogP contribution < -0.4 is 10.7 Å². The molecule has 1 atom stereocenters. The molecule has 2 N–H and O–H groups in total. The van der Waals surface area contributed by atoms with Crippen LogP contribution in [0.1, 0.15) is 23.1 Å². The Labute approximate surface area is 145 Å². The monoisotopic (exact) mass is 375 g/mol.